The molecule has 0 saturated heterocycles. The molecule has 0 N–H and O–H groups in total. The highest BCUT2D eigenvalue weighted by atomic mass is 16.7. The van der Waals surface area contributed by atoms with E-state index in [2.05, 4.69) is 5.10 Å². The van der Waals surface area contributed by atoms with Crippen molar-refractivity contribution in [2.45, 2.75) is 6.92 Å². The molecule has 0 fully saturated rings. The Labute approximate surface area is 109 Å². The standard InChI is InChI=1S/C13H12N2O4/c1-8-3-4-12(16)15(14-8)9-5-10(17-2)13-11(6-9)18-7-19-13/h3-6H,7H2,1-2H3. The highest BCUT2D eigenvalue weighted by Crippen LogP contribution is 2.42. The summed E-state index contributed by atoms with van der Waals surface area (Å²) < 4.78 is 17.2. The smallest absolute Gasteiger partial charge is 0.271 e. The summed E-state index contributed by atoms with van der Waals surface area (Å²) in [5, 5.41) is 4.20. The Balaban J connectivity index is 2.21. The maximum absolute atomic E-state index is 11.9. The molecule has 0 spiro atoms. The van der Waals surface area contributed by atoms with Gasteiger partial charge in [0.05, 0.1) is 18.5 Å². The van der Waals surface area contributed by atoms with Crippen LogP contribution in [0.1, 0.15) is 5.69 Å². The Morgan fingerprint density at radius 3 is 2.95 bits per heavy atom. The summed E-state index contributed by atoms with van der Waals surface area (Å²) in [5.41, 5.74) is 1.11. The van der Waals surface area contributed by atoms with Gasteiger partial charge in [0.15, 0.2) is 11.5 Å². The summed E-state index contributed by atoms with van der Waals surface area (Å²) >= 11 is 0. The molecule has 6 heteroatoms. The molecule has 0 aliphatic carbocycles. The van der Waals surface area contributed by atoms with E-state index >= 15 is 0 Å². The van der Waals surface area contributed by atoms with E-state index in [9.17, 15) is 4.79 Å². The third-order valence-electron chi connectivity index (χ3n) is 2.82. The van der Waals surface area contributed by atoms with Crippen LogP contribution in [0.25, 0.3) is 5.69 Å². The lowest BCUT2D eigenvalue weighted by Crippen LogP contribution is -2.20. The Hall–Kier alpha value is -2.50. The predicted octanol–water partition coefficient (Wildman–Crippen LogP) is 1.28. The number of aryl methyl sites for hydroxylation is 1. The van der Waals surface area contributed by atoms with Crippen LogP contribution < -0.4 is 19.8 Å². The van der Waals surface area contributed by atoms with Crippen LogP contribution >= 0.6 is 0 Å². The molecule has 2 aromatic rings. The normalized spacial score (nSPS) is 12.5. The van der Waals surface area contributed by atoms with Crippen LogP contribution in [0, 0.1) is 6.92 Å². The molecule has 98 valence electrons. The average molecular weight is 260 g/mol. The van der Waals surface area contributed by atoms with Gasteiger partial charge in [0, 0.05) is 18.2 Å². The first-order valence-electron chi connectivity index (χ1n) is 5.74. The third kappa shape index (κ3) is 1.91. The van der Waals surface area contributed by atoms with Crippen molar-refractivity contribution < 1.29 is 14.2 Å². The van der Waals surface area contributed by atoms with E-state index < -0.39 is 0 Å². The quantitative estimate of drug-likeness (QED) is 0.814. The van der Waals surface area contributed by atoms with Crippen molar-refractivity contribution in [1.82, 2.24) is 9.78 Å². The largest absolute Gasteiger partial charge is 0.493 e. The maximum atomic E-state index is 11.9. The van der Waals surface area contributed by atoms with Gasteiger partial charge < -0.3 is 14.2 Å². The fourth-order valence-corrected chi connectivity index (χ4v) is 1.93. The van der Waals surface area contributed by atoms with Gasteiger partial charge in [-0.05, 0) is 13.0 Å². The summed E-state index contributed by atoms with van der Waals surface area (Å²) in [5.74, 6) is 1.61. The van der Waals surface area contributed by atoms with Crippen LogP contribution in [-0.4, -0.2) is 23.7 Å². The second kappa shape index (κ2) is 4.31. The molecule has 1 aliphatic rings. The van der Waals surface area contributed by atoms with Crippen LogP contribution in [0.15, 0.2) is 29.1 Å². The first kappa shape index (κ1) is 11.6. The van der Waals surface area contributed by atoms with Gasteiger partial charge >= 0.3 is 0 Å². The molecule has 0 bridgehead atoms. The van der Waals surface area contributed by atoms with E-state index in [4.69, 9.17) is 14.2 Å². The van der Waals surface area contributed by atoms with Crippen molar-refractivity contribution in [3.05, 3.63) is 40.3 Å². The summed E-state index contributed by atoms with van der Waals surface area (Å²) in [4.78, 5) is 11.9. The summed E-state index contributed by atoms with van der Waals surface area (Å²) in [6, 6.07) is 6.54. The van der Waals surface area contributed by atoms with Crippen LogP contribution in [0.2, 0.25) is 0 Å². The molecule has 1 aliphatic heterocycles. The molecular weight excluding hydrogens is 248 g/mol. The number of fused-ring (bicyclic) bond motifs is 1. The summed E-state index contributed by atoms with van der Waals surface area (Å²) in [7, 11) is 1.54. The fraction of sp³-hybridized carbons (Fsp3) is 0.231. The van der Waals surface area contributed by atoms with Crippen LogP contribution in [-0.2, 0) is 0 Å². The molecule has 19 heavy (non-hydrogen) atoms. The third-order valence-corrected chi connectivity index (χ3v) is 2.82. The Morgan fingerprint density at radius 1 is 1.32 bits per heavy atom. The number of benzene rings is 1. The molecule has 0 atom stereocenters. The molecule has 1 aromatic carbocycles. The number of nitrogens with zero attached hydrogens (tertiary/aromatic N) is 2. The van der Waals surface area contributed by atoms with Crippen molar-refractivity contribution in [1.29, 1.82) is 0 Å². The Morgan fingerprint density at radius 2 is 2.16 bits per heavy atom. The zero-order valence-electron chi connectivity index (χ0n) is 10.5. The number of hydrogen-bond acceptors (Lipinski definition) is 5. The Kier molecular flexibility index (Phi) is 2.63. The van der Waals surface area contributed by atoms with E-state index in [0.717, 1.165) is 5.69 Å². The van der Waals surface area contributed by atoms with Gasteiger partial charge in [-0.15, -0.1) is 0 Å². The van der Waals surface area contributed by atoms with Crippen LogP contribution in [0.4, 0.5) is 0 Å². The highest BCUT2D eigenvalue weighted by molar-refractivity contribution is 5.58. The molecule has 0 radical (unpaired) electrons. The second-order valence-electron chi connectivity index (χ2n) is 4.11. The van der Waals surface area contributed by atoms with Crippen LogP contribution in [0.5, 0.6) is 17.2 Å². The van der Waals surface area contributed by atoms with Crippen LogP contribution in [0.3, 0.4) is 0 Å². The second-order valence-corrected chi connectivity index (χ2v) is 4.11. The van der Waals surface area contributed by atoms with E-state index in [1.165, 1.54) is 17.9 Å². The van der Waals surface area contributed by atoms with Gasteiger partial charge in [0.1, 0.15) is 0 Å². The zero-order valence-corrected chi connectivity index (χ0v) is 10.5. The summed E-state index contributed by atoms with van der Waals surface area (Å²) in [6.07, 6.45) is 0. The summed E-state index contributed by atoms with van der Waals surface area (Å²) in [6.45, 7) is 1.96. The molecular formula is C13H12N2O4. The maximum Gasteiger partial charge on any atom is 0.271 e. The van der Waals surface area contributed by atoms with Gasteiger partial charge in [0.2, 0.25) is 12.5 Å². The van der Waals surface area contributed by atoms with Crippen molar-refractivity contribution in [2.75, 3.05) is 13.9 Å². The number of hydrogen-bond donors (Lipinski definition) is 0. The Bertz CT molecular complexity index is 694. The molecule has 0 saturated carbocycles. The van der Waals surface area contributed by atoms with Gasteiger partial charge in [-0.1, -0.05) is 0 Å². The van der Waals surface area contributed by atoms with Gasteiger partial charge in [-0.3, -0.25) is 4.79 Å². The van der Waals surface area contributed by atoms with E-state index in [0.29, 0.717) is 22.9 Å². The van der Waals surface area contributed by atoms with Crippen molar-refractivity contribution in [3.8, 4) is 22.9 Å². The molecule has 0 unspecified atom stereocenters. The van der Waals surface area contributed by atoms with Crippen molar-refractivity contribution in [3.63, 3.8) is 0 Å². The fourth-order valence-electron chi connectivity index (χ4n) is 1.93. The lowest BCUT2D eigenvalue weighted by Gasteiger charge is -2.09. The minimum absolute atomic E-state index is 0.144. The number of rotatable bonds is 2. The predicted molar refractivity (Wildman–Crippen MR) is 67.2 cm³/mol. The molecule has 0 amide bonds. The number of ether oxygens (including phenoxy) is 3. The van der Waals surface area contributed by atoms with Gasteiger partial charge in [-0.25, -0.2) is 0 Å². The average Bonchev–Trinajstić information content (AvgIpc) is 2.88. The highest BCUT2D eigenvalue weighted by Gasteiger charge is 2.21. The topological polar surface area (TPSA) is 62.6 Å². The first-order valence-corrected chi connectivity index (χ1v) is 5.74. The van der Waals surface area contributed by atoms with Gasteiger partial charge in [0.25, 0.3) is 5.56 Å². The lowest BCUT2D eigenvalue weighted by molar-refractivity contribution is 0.171. The van der Waals surface area contributed by atoms with E-state index in [-0.39, 0.29) is 12.4 Å². The molecule has 2 heterocycles. The molecule has 3 rings (SSSR count). The van der Waals surface area contributed by atoms with Crippen molar-refractivity contribution >= 4 is 0 Å². The van der Waals surface area contributed by atoms with Gasteiger partial charge in [-0.2, -0.15) is 9.78 Å². The van der Waals surface area contributed by atoms with E-state index in [1.807, 2.05) is 6.92 Å². The monoisotopic (exact) mass is 260 g/mol. The SMILES string of the molecule is COc1cc(-n2nc(C)ccc2=O)cc2c1OCO2. The molecule has 1 aromatic heterocycles. The number of methoxy groups -OCH3 is 1. The lowest BCUT2D eigenvalue weighted by atomic mass is 10.2. The first-order chi connectivity index (χ1) is 9.19. The van der Waals surface area contributed by atoms with E-state index in [1.54, 1.807) is 18.2 Å². The van der Waals surface area contributed by atoms with Crippen molar-refractivity contribution in [2.24, 2.45) is 0 Å². The minimum Gasteiger partial charge on any atom is -0.493 e. The zero-order chi connectivity index (χ0) is 13.4. The number of aromatic nitrogens is 2. The molecule has 6 nitrogen and oxygen atoms in total. The minimum atomic E-state index is -0.216.